The summed E-state index contributed by atoms with van der Waals surface area (Å²) < 4.78 is 5.59. The fraction of sp³-hybridized carbons (Fsp3) is 0.273. The summed E-state index contributed by atoms with van der Waals surface area (Å²) in [6.07, 6.45) is 2.18. The highest BCUT2D eigenvalue weighted by Gasteiger charge is 2.34. The van der Waals surface area contributed by atoms with Crippen LogP contribution in [-0.2, 0) is 4.79 Å². The number of carbonyl (C=O) groups is 1. The number of amides is 1. The number of rotatable bonds is 5. The van der Waals surface area contributed by atoms with E-state index in [2.05, 4.69) is 15.1 Å². The lowest BCUT2D eigenvalue weighted by Crippen LogP contribution is -2.28. The second-order valence-electron chi connectivity index (χ2n) is 7.12. The molecule has 0 unspecified atom stereocenters. The molecule has 0 radical (unpaired) electrons. The van der Waals surface area contributed by atoms with E-state index in [0.29, 0.717) is 22.4 Å². The maximum atomic E-state index is 13.1. The van der Waals surface area contributed by atoms with Crippen molar-refractivity contribution in [1.82, 2.24) is 15.0 Å². The molecule has 0 N–H and O–H groups in total. The van der Waals surface area contributed by atoms with E-state index in [1.54, 1.807) is 6.26 Å². The molecule has 8 heteroatoms. The van der Waals surface area contributed by atoms with Gasteiger partial charge in [0.2, 0.25) is 0 Å². The third-order valence-corrected chi connectivity index (χ3v) is 6.24. The predicted molar refractivity (Wildman–Crippen MR) is 118 cm³/mol. The summed E-state index contributed by atoms with van der Waals surface area (Å²) in [4.78, 5) is 22.0. The van der Waals surface area contributed by atoms with Gasteiger partial charge in [-0.25, -0.2) is 15.0 Å². The molecule has 30 heavy (non-hydrogen) atoms. The van der Waals surface area contributed by atoms with Crippen LogP contribution in [0.5, 0.6) is 0 Å². The first-order valence-corrected chi connectivity index (χ1v) is 10.9. The summed E-state index contributed by atoms with van der Waals surface area (Å²) in [5.41, 5.74) is 4.68. The van der Waals surface area contributed by atoms with E-state index >= 15 is 0 Å². The third kappa shape index (κ3) is 4.27. The van der Waals surface area contributed by atoms with Crippen LogP contribution < -0.4 is 0 Å². The number of nitrogens with zero attached hydrogens (tertiary/aromatic N) is 4. The summed E-state index contributed by atoms with van der Waals surface area (Å²) in [6.45, 7) is 5.90. The van der Waals surface area contributed by atoms with Crippen molar-refractivity contribution < 1.29 is 9.21 Å². The van der Waals surface area contributed by atoms with Gasteiger partial charge in [0.25, 0.3) is 5.91 Å². The van der Waals surface area contributed by atoms with Gasteiger partial charge in [-0.1, -0.05) is 35.5 Å². The van der Waals surface area contributed by atoms with Crippen LogP contribution in [-0.4, -0.2) is 32.3 Å². The summed E-state index contributed by atoms with van der Waals surface area (Å²) in [5.74, 6) is 0.778. The summed E-state index contributed by atoms with van der Waals surface area (Å²) in [7, 11) is 0. The van der Waals surface area contributed by atoms with E-state index in [9.17, 15) is 4.79 Å². The van der Waals surface area contributed by atoms with Crippen LogP contribution >= 0.6 is 23.4 Å². The van der Waals surface area contributed by atoms with Gasteiger partial charge in [0.15, 0.2) is 5.16 Å². The van der Waals surface area contributed by atoms with Crippen LogP contribution in [0.25, 0.3) is 0 Å². The molecule has 2 aromatic heterocycles. The fourth-order valence-electron chi connectivity index (χ4n) is 3.26. The van der Waals surface area contributed by atoms with Gasteiger partial charge < -0.3 is 4.42 Å². The Bertz CT molecular complexity index is 1070. The number of aromatic nitrogens is 2. The van der Waals surface area contributed by atoms with Crippen molar-refractivity contribution >= 4 is 35.0 Å². The molecule has 1 amide bonds. The van der Waals surface area contributed by atoms with Crippen molar-refractivity contribution in [2.45, 2.75) is 38.4 Å². The molecular formula is C22H21ClN4O2S. The lowest BCUT2D eigenvalue weighted by Gasteiger charge is -2.19. The number of aryl methyl sites for hydroxylation is 2. The topological polar surface area (TPSA) is 71.6 Å². The molecule has 3 aromatic rings. The molecule has 1 aromatic carbocycles. The van der Waals surface area contributed by atoms with Gasteiger partial charge in [0, 0.05) is 22.8 Å². The van der Waals surface area contributed by atoms with E-state index in [1.807, 2.05) is 57.2 Å². The van der Waals surface area contributed by atoms with Gasteiger partial charge in [-0.15, -0.1) is 0 Å². The zero-order valence-corrected chi connectivity index (χ0v) is 18.5. The monoisotopic (exact) mass is 440 g/mol. The molecule has 0 fully saturated rings. The Morgan fingerprint density at radius 3 is 2.50 bits per heavy atom. The minimum absolute atomic E-state index is 0.121. The summed E-state index contributed by atoms with van der Waals surface area (Å²) >= 11 is 7.32. The molecular weight excluding hydrogens is 420 g/mol. The van der Waals surface area contributed by atoms with Crippen molar-refractivity contribution in [2.24, 2.45) is 5.10 Å². The molecule has 0 aliphatic carbocycles. The number of benzene rings is 1. The van der Waals surface area contributed by atoms with Crippen molar-refractivity contribution in [2.75, 3.05) is 5.75 Å². The first-order valence-electron chi connectivity index (χ1n) is 9.56. The molecule has 0 saturated heterocycles. The van der Waals surface area contributed by atoms with Crippen molar-refractivity contribution in [1.29, 1.82) is 0 Å². The van der Waals surface area contributed by atoms with Gasteiger partial charge in [-0.3, -0.25) is 4.79 Å². The molecule has 6 nitrogen and oxygen atoms in total. The van der Waals surface area contributed by atoms with E-state index in [4.69, 9.17) is 16.0 Å². The number of furan rings is 1. The summed E-state index contributed by atoms with van der Waals surface area (Å²) in [5, 5.41) is 7.40. The standard InChI is InChI=1S/C22H21ClN4O2S/c1-13-14(2)24-22(25-15(13)3)30-12-21(28)27-19(20-5-4-10-29-20)11-18(26-27)16-6-8-17(23)9-7-16/h4-10,19H,11-12H2,1-3H3/t19-/m1/s1. The van der Waals surface area contributed by atoms with Crippen LogP contribution in [0.1, 0.15) is 40.7 Å². The molecule has 0 spiro atoms. The Morgan fingerprint density at radius 1 is 1.17 bits per heavy atom. The molecule has 1 atom stereocenters. The van der Waals surface area contributed by atoms with Crippen LogP contribution in [0.2, 0.25) is 5.02 Å². The quantitative estimate of drug-likeness (QED) is 0.406. The molecule has 0 saturated carbocycles. The predicted octanol–water partition coefficient (Wildman–Crippen LogP) is 5.12. The zero-order valence-electron chi connectivity index (χ0n) is 16.9. The second kappa shape index (κ2) is 8.62. The molecule has 4 rings (SSSR count). The zero-order chi connectivity index (χ0) is 21.3. The number of hydrazone groups is 1. The molecule has 1 aliphatic rings. The highest BCUT2D eigenvalue weighted by atomic mass is 35.5. The van der Waals surface area contributed by atoms with E-state index in [0.717, 1.165) is 28.2 Å². The lowest BCUT2D eigenvalue weighted by atomic mass is 10.0. The molecule has 154 valence electrons. The SMILES string of the molecule is Cc1nc(SCC(=O)N2N=C(c3ccc(Cl)cc3)C[C@@H]2c2ccco2)nc(C)c1C. The Labute approximate surface area is 184 Å². The first kappa shape index (κ1) is 20.6. The van der Waals surface area contributed by atoms with E-state index in [-0.39, 0.29) is 17.7 Å². The number of carbonyl (C=O) groups excluding carboxylic acids is 1. The second-order valence-corrected chi connectivity index (χ2v) is 8.50. The minimum Gasteiger partial charge on any atom is -0.467 e. The first-order chi connectivity index (χ1) is 14.4. The highest BCUT2D eigenvalue weighted by Crippen LogP contribution is 2.34. The van der Waals surface area contributed by atoms with E-state index < -0.39 is 0 Å². The van der Waals surface area contributed by atoms with E-state index in [1.165, 1.54) is 16.8 Å². The Morgan fingerprint density at radius 2 is 1.87 bits per heavy atom. The smallest absolute Gasteiger partial charge is 0.253 e. The third-order valence-electron chi connectivity index (χ3n) is 5.15. The number of hydrogen-bond acceptors (Lipinski definition) is 6. The molecule has 1 aliphatic heterocycles. The Kier molecular flexibility index (Phi) is 5.92. The normalized spacial score (nSPS) is 16.1. The fourth-order valence-corrected chi connectivity index (χ4v) is 4.17. The molecule has 0 bridgehead atoms. The van der Waals surface area contributed by atoms with Crippen molar-refractivity contribution in [3.05, 3.63) is 76.0 Å². The van der Waals surface area contributed by atoms with Gasteiger partial charge in [0.05, 0.1) is 17.7 Å². The van der Waals surface area contributed by atoms with Gasteiger partial charge in [-0.05, 0) is 56.2 Å². The Hall–Kier alpha value is -2.64. The number of thioether (sulfide) groups is 1. The average molecular weight is 441 g/mol. The van der Waals surface area contributed by atoms with Crippen LogP contribution in [0.15, 0.2) is 57.3 Å². The van der Waals surface area contributed by atoms with Crippen molar-refractivity contribution in [3.63, 3.8) is 0 Å². The van der Waals surface area contributed by atoms with Gasteiger partial charge >= 0.3 is 0 Å². The maximum absolute atomic E-state index is 13.1. The van der Waals surface area contributed by atoms with Crippen LogP contribution in [0.3, 0.4) is 0 Å². The molecule has 3 heterocycles. The number of halogens is 1. The van der Waals surface area contributed by atoms with Gasteiger partial charge in [-0.2, -0.15) is 5.10 Å². The highest BCUT2D eigenvalue weighted by molar-refractivity contribution is 7.99. The number of hydrogen-bond donors (Lipinski definition) is 0. The Balaban J connectivity index is 1.55. The largest absolute Gasteiger partial charge is 0.467 e. The maximum Gasteiger partial charge on any atom is 0.253 e. The minimum atomic E-state index is -0.277. The average Bonchev–Trinajstić information content (AvgIpc) is 3.40. The van der Waals surface area contributed by atoms with Gasteiger partial charge in [0.1, 0.15) is 11.8 Å². The summed E-state index contributed by atoms with van der Waals surface area (Å²) in [6, 6.07) is 10.9. The van der Waals surface area contributed by atoms with Crippen LogP contribution in [0, 0.1) is 20.8 Å². The van der Waals surface area contributed by atoms with Crippen LogP contribution in [0.4, 0.5) is 0 Å². The van der Waals surface area contributed by atoms with Crippen molar-refractivity contribution in [3.8, 4) is 0 Å². The lowest BCUT2D eigenvalue weighted by molar-refractivity contribution is -0.130.